The van der Waals surface area contributed by atoms with Gasteiger partial charge in [-0.25, -0.2) is 13.1 Å². The van der Waals surface area contributed by atoms with Crippen molar-refractivity contribution in [1.82, 2.24) is 4.72 Å². The van der Waals surface area contributed by atoms with E-state index in [0.717, 1.165) is 0 Å². The highest BCUT2D eigenvalue weighted by molar-refractivity contribution is 7.70. The van der Waals surface area contributed by atoms with Crippen LogP contribution in [0.2, 0.25) is 0 Å². The van der Waals surface area contributed by atoms with Gasteiger partial charge in [0.1, 0.15) is 0 Å². The first-order valence-electron chi connectivity index (χ1n) is 3.81. The van der Waals surface area contributed by atoms with Gasteiger partial charge in [-0.3, -0.25) is 0 Å². The Morgan fingerprint density at radius 1 is 1.31 bits per heavy atom. The fourth-order valence-electron chi connectivity index (χ4n) is 0.954. The molecule has 0 aliphatic heterocycles. The van der Waals surface area contributed by atoms with E-state index >= 15 is 0 Å². The fourth-order valence-corrected chi connectivity index (χ4v) is 1.28. The molecule has 0 amide bonds. The maximum Gasteiger partial charge on any atom is 0.201 e. The van der Waals surface area contributed by atoms with Gasteiger partial charge >= 0.3 is 0 Å². The fraction of sp³-hybridized carbons (Fsp3) is 0.250. The monoisotopic (exact) mass is 201 g/mol. The quantitative estimate of drug-likeness (QED) is 0.593. The molecule has 1 unspecified atom stereocenters. The van der Waals surface area contributed by atoms with Crippen molar-refractivity contribution in [3.05, 3.63) is 35.9 Å². The Labute approximate surface area is 78.3 Å². The Morgan fingerprint density at radius 3 is 2.46 bits per heavy atom. The minimum absolute atomic E-state index is 0.0166. The number of aliphatic hydroxyl groups is 1. The van der Waals surface area contributed by atoms with E-state index in [2.05, 4.69) is 4.72 Å². The van der Waals surface area contributed by atoms with Crippen LogP contribution in [-0.2, 0) is 10.9 Å². The van der Waals surface area contributed by atoms with Crippen LogP contribution in [0.3, 0.4) is 0 Å². The first-order chi connectivity index (χ1) is 6.20. The molecule has 13 heavy (non-hydrogen) atoms. The molecule has 0 aliphatic carbocycles. The van der Waals surface area contributed by atoms with Gasteiger partial charge in [-0.05, 0) is 5.56 Å². The molecular formula is C8H11NO3S. The number of rotatable bonds is 4. The van der Waals surface area contributed by atoms with Crippen molar-refractivity contribution in [1.29, 1.82) is 0 Å². The molecule has 0 aliphatic rings. The molecule has 72 valence electrons. The van der Waals surface area contributed by atoms with E-state index in [1.54, 1.807) is 24.3 Å². The lowest BCUT2D eigenvalue weighted by Crippen LogP contribution is -2.19. The second-order valence-electron chi connectivity index (χ2n) is 2.55. The Kier molecular flexibility index (Phi) is 3.88. The van der Waals surface area contributed by atoms with Crippen LogP contribution in [0.1, 0.15) is 11.7 Å². The molecule has 5 heteroatoms. The average molecular weight is 201 g/mol. The van der Waals surface area contributed by atoms with E-state index in [1.165, 1.54) is 0 Å². The number of thiol groups is 1. The highest BCUT2D eigenvalue weighted by Gasteiger charge is 2.05. The summed E-state index contributed by atoms with van der Waals surface area (Å²) < 4.78 is 22.4. The van der Waals surface area contributed by atoms with Crippen molar-refractivity contribution in [3.63, 3.8) is 0 Å². The SMILES string of the molecule is O=[SH](=O)NCC(O)c1ccccc1. The molecule has 0 fully saturated rings. The van der Waals surface area contributed by atoms with Crippen molar-refractivity contribution in [2.75, 3.05) is 6.54 Å². The van der Waals surface area contributed by atoms with Crippen molar-refractivity contribution in [2.45, 2.75) is 6.10 Å². The van der Waals surface area contributed by atoms with Crippen molar-refractivity contribution >= 4 is 10.9 Å². The molecule has 1 aromatic carbocycles. The van der Waals surface area contributed by atoms with Gasteiger partial charge in [0.2, 0.25) is 10.9 Å². The number of aliphatic hydroxyl groups excluding tert-OH is 1. The summed E-state index contributed by atoms with van der Waals surface area (Å²) in [6.07, 6.45) is -0.783. The standard InChI is InChI=1S/C8H11NO3S/c10-8(6-9-13(11)12)7-4-2-1-3-5-7/h1-5,8,10,13H,6H2,(H,9,11,12). The molecule has 0 bridgehead atoms. The predicted molar refractivity (Wildman–Crippen MR) is 49.7 cm³/mol. The summed E-state index contributed by atoms with van der Waals surface area (Å²) in [5.41, 5.74) is 0.701. The van der Waals surface area contributed by atoms with Crippen LogP contribution in [0.25, 0.3) is 0 Å². The molecule has 4 nitrogen and oxygen atoms in total. The molecule has 0 saturated carbocycles. The van der Waals surface area contributed by atoms with Crippen molar-refractivity contribution < 1.29 is 13.5 Å². The molecule has 1 aromatic rings. The Hall–Kier alpha value is -0.910. The van der Waals surface area contributed by atoms with Gasteiger partial charge in [-0.2, -0.15) is 0 Å². The van der Waals surface area contributed by atoms with Gasteiger partial charge in [0.15, 0.2) is 0 Å². The normalized spacial score (nSPS) is 13.1. The van der Waals surface area contributed by atoms with Crippen LogP contribution in [0, 0.1) is 0 Å². The van der Waals surface area contributed by atoms with Gasteiger partial charge in [0.25, 0.3) is 0 Å². The maximum absolute atomic E-state index is 10.1. The molecular weight excluding hydrogens is 190 g/mol. The minimum Gasteiger partial charge on any atom is -0.387 e. The van der Waals surface area contributed by atoms with E-state index in [9.17, 15) is 13.5 Å². The Balaban J connectivity index is 2.54. The van der Waals surface area contributed by atoms with Crippen molar-refractivity contribution in [2.24, 2.45) is 0 Å². The highest BCUT2D eigenvalue weighted by Crippen LogP contribution is 2.09. The van der Waals surface area contributed by atoms with E-state index in [1.807, 2.05) is 6.07 Å². The van der Waals surface area contributed by atoms with E-state index in [4.69, 9.17) is 0 Å². The summed E-state index contributed by atoms with van der Waals surface area (Å²) in [7, 11) is -2.63. The summed E-state index contributed by atoms with van der Waals surface area (Å²) in [5.74, 6) is 0. The second-order valence-corrected chi connectivity index (χ2v) is 3.38. The van der Waals surface area contributed by atoms with Crippen LogP contribution in [0.4, 0.5) is 0 Å². The predicted octanol–water partition coefficient (Wildman–Crippen LogP) is -0.164. The molecule has 2 N–H and O–H groups in total. The van der Waals surface area contributed by atoms with Crippen LogP contribution >= 0.6 is 0 Å². The summed E-state index contributed by atoms with van der Waals surface area (Å²) in [6.45, 7) is 0.0166. The average Bonchev–Trinajstić information content (AvgIpc) is 2.15. The lowest BCUT2D eigenvalue weighted by Gasteiger charge is -2.08. The lowest BCUT2D eigenvalue weighted by molar-refractivity contribution is 0.182. The number of benzene rings is 1. The van der Waals surface area contributed by atoms with Gasteiger partial charge in [-0.1, -0.05) is 30.3 Å². The number of hydrogen-bond acceptors (Lipinski definition) is 3. The van der Waals surface area contributed by atoms with Gasteiger partial charge < -0.3 is 5.11 Å². The van der Waals surface area contributed by atoms with Crippen LogP contribution in [-0.4, -0.2) is 20.1 Å². The van der Waals surface area contributed by atoms with E-state index in [-0.39, 0.29) is 6.54 Å². The van der Waals surface area contributed by atoms with Gasteiger partial charge in [-0.15, -0.1) is 0 Å². The van der Waals surface area contributed by atoms with E-state index in [0.29, 0.717) is 5.56 Å². The van der Waals surface area contributed by atoms with Gasteiger partial charge in [0.05, 0.1) is 6.10 Å². The molecule has 0 spiro atoms. The zero-order valence-electron chi connectivity index (χ0n) is 6.88. The smallest absolute Gasteiger partial charge is 0.201 e. The van der Waals surface area contributed by atoms with Gasteiger partial charge in [0, 0.05) is 6.54 Å². The van der Waals surface area contributed by atoms with Crippen molar-refractivity contribution in [3.8, 4) is 0 Å². The summed E-state index contributed by atoms with van der Waals surface area (Å²) in [6, 6.07) is 8.89. The third-order valence-corrected chi connectivity index (χ3v) is 2.04. The molecule has 1 rings (SSSR count). The number of nitrogens with one attached hydrogen (secondary N) is 1. The largest absolute Gasteiger partial charge is 0.387 e. The molecule has 0 aromatic heterocycles. The minimum atomic E-state index is -2.63. The first-order valence-corrected chi connectivity index (χ1v) is 4.99. The molecule has 1 atom stereocenters. The first kappa shape index (κ1) is 10.2. The third-order valence-electron chi connectivity index (χ3n) is 1.60. The van der Waals surface area contributed by atoms with E-state index < -0.39 is 17.0 Å². The molecule has 0 radical (unpaired) electrons. The zero-order valence-corrected chi connectivity index (χ0v) is 7.78. The third kappa shape index (κ3) is 3.54. The zero-order chi connectivity index (χ0) is 9.68. The summed E-state index contributed by atoms with van der Waals surface area (Å²) in [5, 5.41) is 9.44. The van der Waals surface area contributed by atoms with Crippen LogP contribution < -0.4 is 4.72 Å². The number of hydrogen-bond donors (Lipinski definition) is 3. The lowest BCUT2D eigenvalue weighted by atomic mass is 10.1. The second kappa shape index (κ2) is 4.96. The Bertz CT molecular complexity index is 315. The summed E-state index contributed by atoms with van der Waals surface area (Å²) >= 11 is 0. The van der Waals surface area contributed by atoms with Crippen LogP contribution in [0.5, 0.6) is 0 Å². The van der Waals surface area contributed by atoms with Crippen LogP contribution in [0.15, 0.2) is 30.3 Å². The molecule has 0 heterocycles. The Morgan fingerprint density at radius 2 is 1.92 bits per heavy atom. The highest BCUT2D eigenvalue weighted by atomic mass is 32.2. The maximum atomic E-state index is 10.1. The summed E-state index contributed by atoms with van der Waals surface area (Å²) in [4.78, 5) is 0. The molecule has 0 saturated heterocycles. The topological polar surface area (TPSA) is 66.4 Å².